The molecule has 0 bridgehead atoms. The Labute approximate surface area is 171 Å². The van der Waals surface area contributed by atoms with Crippen molar-refractivity contribution in [2.75, 3.05) is 11.4 Å². The van der Waals surface area contributed by atoms with E-state index in [0.29, 0.717) is 16.8 Å². The van der Waals surface area contributed by atoms with Crippen molar-refractivity contribution in [2.45, 2.75) is 57.2 Å². The summed E-state index contributed by atoms with van der Waals surface area (Å²) in [6, 6.07) is 15.8. The zero-order valence-electron chi connectivity index (χ0n) is 16.2. The lowest BCUT2D eigenvalue weighted by atomic mass is 9.92. The summed E-state index contributed by atoms with van der Waals surface area (Å²) in [7, 11) is 0. The van der Waals surface area contributed by atoms with Crippen LogP contribution in [0.4, 0.5) is 5.69 Å². The predicted molar refractivity (Wildman–Crippen MR) is 113 cm³/mol. The van der Waals surface area contributed by atoms with Crippen molar-refractivity contribution in [1.82, 2.24) is 5.32 Å². The number of para-hydroxylation sites is 1. The van der Waals surface area contributed by atoms with Gasteiger partial charge >= 0.3 is 0 Å². The summed E-state index contributed by atoms with van der Waals surface area (Å²) in [5.41, 5.74) is 2.07. The first kappa shape index (κ1) is 19.3. The third-order valence-electron chi connectivity index (χ3n) is 5.83. The van der Waals surface area contributed by atoms with Crippen LogP contribution >= 0.6 is 11.6 Å². The Bertz CT molecular complexity index is 818. The van der Waals surface area contributed by atoms with Crippen LogP contribution in [0.2, 0.25) is 5.02 Å². The highest BCUT2D eigenvalue weighted by molar-refractivity contribution is 6.30. The van der Waals surface area contributed by atoms with Crippen LogP contribution in [-0.4, -0.2) is 30.6 Å². The molecule has 2 aromatic carbocycles. The van der Waals surface area contributed by atoms with Crippen molar-refractivity contribution in [1.29, 1.82) is 0 Å². The molecule has 2 aliphatic rings. The summed E-state index contributed by atoms with van der Waals surface area (Å²) >= 11 is 5.97. The maximum absolute atomic E-state index is 13.0. The Morgan fingerprint density at radius 3 is 2.50 bits per heavy atom. The number of nitrogens with one attached hydrogen (secondary N) is 1. The highest BCUT2D eigenvalue weighted by Gasteiger charge is 2.50. The molecule has 0 spiro atoms. The Hall–Kier alpha value is -2.04. The van der Waals surface area contributed by atoms with E-state index in [-0.39, 0.29) is 11.9 Å². The lowest BCUT2D eigenvalue weighted by Crippen LogP contribution is -2.70. The number of hydrogen-bond donors (Lipinski definition) is 1. The molecule has 28 heavy (non-hydrogen) atoms. The molecule has 0 radical (unpaired) electrons. The summed E-state index contributed by atoms with van der Waals surface area (Å²) in [6.45, 7) is 2.78. The molecule has 2 atom stereocenters. The molecule has 148 valence electrons. The van der Waals surface area contributed by atoms with E-state index in [0.717, 1.165) is 17.8 Å². The van der Waals surface area contributed by atoms with E-state index < -0.39 is 6.10 Å². The van der Waals surface area contributed by atoms with Crippen molar-refractivity contribution in [3.63, 3.8) is 0 Å². The van der Waals surface area contributed by atoms with E-state index >= 15 is 0 Å². The van der Waals surface area contributed by atoms with Gasteiger partial charge in [-0.15, -0.1) is 0 Å². The van der Waals surface area contributed by atoms with Gasteiger partial charge < -0.3 is 15.0 Å². The van der Waals surface area contributed by atoms with E-state index in [2.05, 4.69) is 5.32 Å². The fourth-order valence-electron chi connectivity index (χ4n) is 4.23. The van der Waals surface area contributed by atoms with E-state index in [1.165, 1.54) is 32.1 Å². The average Bonchev–Trinajstić information content (AvgIpc) is 2.72. The van der Waals surface area contributed by atoms with Gasteiger partial charge in [-0.3, -0.25) is 4.79 Å². The molecule has 4 rings (SSSR count). The van der Waals surface area contributed by atoms with Gasteiger partial charge in [0.15, 0.2) is 6.10 Å². The molecule has 4 nitrogen and oxygen atoms in total. The SMILES string of the molecule is Cc1ccccc1N1C(=O)[C@H](Oc2ccc(Cl)cc2)[C@@H]1CNC1CCCCC1. The van der Waals surface area contributed by atoms with Crippen molar-refractivity contribution in [2.24, 2.45) is 0 Å². The van der Waals surface area contributed by atoms with Crippen LogP contribution in [0.5, 0.6) is 5.75 Å². The molecular formula is C23H27ClN2O2. The number of ether oxygens (including phenoxy) is 1. The van der Waals surface area contributed by atoms with E-state index in [1.54, 1.807) is 12.1 Å². The van der Waals surface area contributed by atoms with E-state index in [1.807, 2.05) is 48.2 Å². The van der Waals surface area contributed by atoms with Gasteiger partial charge in [0.1, 0.15) is 5.75 Å². The number of carbonyl (C=O) groups excluding carboxylic acids is 1. The van der Waals surface area contributed by atoms with Gasteiger partial charge in [0.25, 0.3) is 5.91 Å². The Balaban J connectivity index is 1.51. The smallest absolute Gasteiger partial charge is 0.270 e. The highest BCUT2D eigenvalue weighted by atomic mass is 35.5. The summed E-state index contributed by atoms with van der Waals surface area (Å²) in [6.07, 6.45) is 5.86. The first-order valence-corrected chi connectivity index (χ1v) is 10.6. The monoisotopic (exact) mass is 398 g/mol. The minimum Gasteiger partial charge on any atom is -0.478 e. The van der Waals surface area contributed by atoms with Crippen LogP contribution in [0, 0.1) is 6.92 Å². The third kappa shape index (κ3) is 4.03. The molecule has 1 saturated heterocycles. The molecule has 1 saturated carbocycles. The lowest BCUT2D eigenvalue weighted by molar-refractivity contribution is -0.134. The Morgan fingerprint density at radius 2 is 1.79 bits per heavy atom. The third-order valence-corrected chi connectivity index (χ3v) is 6.09. The second-order valence-corrected chi connectivity index (χ2v) is 8.23. The molecule has 0 unspecified atom stereocenters. The highest BCUT2D eigenvalue weighted by Crippen LogP contribution is 2.33. The number of benzene rings is 2. The van der Waals surface area contributed by atoms with Crippen LogP contribution in [0.1, 0.15) is 37.7 Å². The van der Waals surface area contributed by atoms with Gasteiger partial charge in [0.05, 0.1) is 6.04 Å². The first-order valence-electron chi connectivity index (χ1n) is 10.2. The molecular weight excluding hydrogens is 372 g/mol. The van der Waals surface area contributed by atoms with Gasteiger partial charge in [0, 0.05) is 23.3 Å². The molecule has 1 N–H and O–H groups in total. The Morgan fingerprint density at radius 1 is 1.07 bits per heavy atom. The number of nitrogens with zero attached hydrogens (tertiary/aromatic N) is 1. The number of β-lactam (4-membered cyclic amide) rings is 1. The minimum atomic E-state index is -0.475. The maximum Gasteiger partial charge on any atom is 0.270 e. The Kier molecular flexibility index (Phi) is 5.88. The van der Waals surface area contributed by atoms with Crippen molar-refractivity contribution in [3.05, 3.63) is 59.1 Å². The summed E-state index contributed by atoms with van der Waals surface area (Å²) in [5, 5.41) is 4.35. The molecule has 0 aromatic heterocycles. The fourth-order valence-corrected chi connectivity index (χ4v) is 4.36. The fraction of sp³-hybridized carbons (Fsp3) is 0.435. The second kappa shape index (κ2) is 8.54. The van der Waals surface area contributed by atoms with Crippen LogP contribution in [-0.2, 0) is 4.79 Å². The molecule has 5 heteroatoms. The van der Waals surface area contributed by atoms with Crippen LogP contribution in [0.25, 0.3) is 0 Å². The van der Waals surface area contributed by atoms with Gasteiger partial charge in [0.2, 0.25) is 0 Å². The maximum atomic E-state index is 13.0. The van der Waals surface area contributed by atoms with Crippen molar-refractivity contribution in [3.8, 4) is 5.75 Å². The lowest BCUT2D eigenvalue weighted by Gasteiger charge is -2.47. The molecule has 1 amide bonds. The van der Waals surface area contributed by atoms with Gasteiger partial charge in [-0.25, -0.2) is 0 Å². The van der Waals surface area contributed by atoms with Crippen LogP contribution < -0.4 is 15.0 Å². The van der Waals surface area contributed by atoms with Gasteiger partial charge in [-0.2, -0.15) is 0 Å². The molecule has 1 aliphatic carbocycles. The second-order valence-electron chi connectivity index (χ2n) is 7.80. The molecule has 1 heterocycles. The standard InChI is InChI=1S/C23H27ClN2O2/c1-16-7-5-6-10-20(16)26-21(15-25-18-8-3-2-4-9-18)22(23(26)27)28-19-13-11-17(24)12-14-19/h5-7,10-14,18,21-22,25H,2-4,8-9,15H2,1H3/t21-,22+/m0/s1. The molecule has 2 aromatic rings. The average molecular weight is 399 g/mol. The van der Waals surface area contributed by atoms with Gasteiger partial charge in [-0.1, -0.05) is 49.1 Å². The number of anilines is 1. The summed E-state index contributed by atoms with van der Waals surface area (Å²) in [5.74, 6) is 0.689. The number of halogens is 1. The zero-order chi connectivity index (χ0) is 19.5. The largest absolute Gasteiger partial charge is 0.478 e. The number of rotatable bonds is 6. The minimum absolute atomic E-state index is 0.0136. The number of aryl methyl sites for hydroxylation is 1. The quantitative estimate of drug-likeness (QED) is 0.715. The number of amides is 1. The summed E-state index contributed by atoms with van der Waals surface area (Å²) < 4.78 is 6.07. The van der Waals surface area contributed by atoms with Gasteiger partial charge in [-0.05, 0) is 55.7 Å². The number of hydrogen-bond acceptors (Lipinski definition) is 3. The zero-order valence-corrected chi connectivity index (χ0v) is 17.0. The predicted octanol–water partition coefficient (Wildman–Crippen LogP) is 4.73. The molecule has 2 fully saturated rings. The summed E-state index contributed by atoms with van der Waals surface area (Å²) in [4.78, 5) is 14.9. The first-order chi connectivity index (χ1) is 13.6. The van der Waals surface area contributed by atoms with Crippen molar-refractivity contribution < 1.29 is 9.53 Å². The molecule has 1 aliphatic heterocycles. The van der Waals surface area contributed by atoms with Crippen molar-refractivity contribution >= 4 is 23.2 Å². The van der Waals surface area contributed by atoms with E-state index in [4.69, 9.17) is 16.3 Å². The number of carbonyl (C=O) groups is 1. The normalized spacial score (nSPS) is 22.8. The van der Waals surface area contributed by atoms with E-state index in [9.17, 15) is 4.79 Å². The topological polar surface area (TPSA) is 41.6 Å². The van der Waals surface area contributed by atoms with Crippen LogP contribution in [0.3, 0.4) is 0 Å². The van der Waals surface area contributed by atoms with Crippen LogP contribution in [0.15, 0.2) is 48.5 Å².